The van der Waals surface area contributed by atoms with Crippen LogP contribution in [0, 0.1) is 0 Å². The zero-order valence-electron chi connectivity index (χ0n) is 13.5. The van der Waals surface area contributed by atoms with E-state index in [2.05, 4.69) is 12.2 Å². The highest BCUT2D eigenvalue weighted by atomic mass is 16.5. The van der Waals surface area contributed by atoms with Crippen LogP contribution in [0.15, 0.2) is 42.5 Å². The normalized spacial score (nSPS) is 16.4. The van der Waals surface area contributed by atoms with Crippen LogP contribution in [0.2, 0.25) is 0 Å². The van der Waals surface area contributed by atoms with Crippen molar-refractivity contribution in [2.45, 2.75) is 25.8 Å². The molecule has 0 spiro atoms. The summed E-state index contributed by atoms with van der Waals surface area (Å²) in [6, 6.07) is 13.4. The number of methoxy groups -OCH3 is 1. The molecule has 120 valence electrons. The van der Waals surface area contributed by atoms with Crippen LogP contribution in [0.5, 0.6) is 11.5 Å². The minimum atomic E-state index is -0.0495. The van der Waals surface area contributed by atoms with E-state index in [-0.39, 0.29) is 11.8 Å². The maximum Gasteiger partial charge on any atom is 0.167 e. The maximum absolute atomic E-state index is 12.3. The van der Waals surface area contributed by atoms with E-state index < -0.39 is 0 Å². The Kier molecular flexibility index (Phi) is 4.51. The number of rotatable bonds is 5. The number of hydrogen-bond donors (Lipinski definition) is 1. The summed E-state index contributed by atoms with van der Waals surface area (Å²) >= 11 is 0. The van der Waals surface area contributed by atoms with Gasteiger partial charge in [0.25, 0.3) is 0 Å². The number of ether oxygens (including phenoxy) is 2. The molecule has 0 aliphatic carbocycles. The molecule has 3 rings (SSSR count). The molecule has 4 heteroatoms. The quantitative estimate of drug-likeness (QED) is 0.898. The number of hydrogen-bond acceptors (Lipinski definition) is 4. The minimum Gasteiger partial charge on any atom is -0.493 e. The number of Topliss-reactive ketones (excluding diaryl/α,β-unsaturated/α-hetero) is 1. The first kappa shape index (κ1) is 15.4. The second-order valence-electron chi connectivity index (χ2n) is 5.63. The molecule has 2 aromatic carbocycles. The number of benzene rings is 2. The second-order valence-corrected chi connectivity index (χ2v) is 5.63. The fourth-order valence-electron chi connectivity index (χ4n) is 2.82. The molecule has 0 radical (unpaired) electrons. The summed E-state index contributed by atoms with van der Waals surface area (Å²) in [4.78, 5) is 12.3. The molecule has 1 N–H and O–H groups in total. The average molecular weight is 311 g/mol. The summed E-state index contributed by atoms with van der Waals surface area (Å²) in [5.74, 6) is 1.60. The van der Waals surface area contributed by atoms with Crippen LogP contribution in [0.25, 0.3) is 0 Å². The highest BCUT2D eigenvalue weighted by Crippen LogP contribution is 2.36. The molecule has 23 heavy (non-hydrogen) atoms. The number of anilines is 1. The Morgan fingerprint density at radius 2 is 2.00 bits per heavy atom. The molecule has 1 aliphatic heterocycles. The summed E-state index contributed by atoms with van der Waals surface area (Å²) in [7, 11) is 1.63. The number of fused-ring (bicyclic) bond motifs is 1. The Balaban J connectivity index is 1.86. The molecule has 0 saturated carbocycles. The van der Waals surface area contributed by atoms with E-state index in [4.69, 9.17) is 9.47 Å². The van der Waals surface area contributed by atoms with Crippen LogP contribution in [-0.4, -0.2) is 19.5 Å². The fraction of sp³-hybridized carbons (Fsp3) is 0.316. The van der Waals surface area contributed by atoms with Crippen LogP contribution < -0.4 is 14.8 Å². The van der Waals surface area contributed by atoms with Gasteiger partial charge in [-0.05, 0) is 36.2 Å². The predicted molar refractivity (Wildman–Crippen MR) is 90.5 cm³/mol. The first-order valence-corrected chi connectivity index (χ1v) is 7.92. The summed E-state index contributed by atoms with van der Waals surface area (Å²) < 4.78 is 11.1. The van der Waals surface area contributed by atoms with Crippen molar-refractivity contribution in [2.75, 3.05) is 19.0 Å². The lowest BCUT2D eigenvalue weighted by molar-refractivity contribution is 0.0972. The third-order valence-electron chi connectivity index (χ3n) is 4.00. The molecule has 1 atom stereocenters. The lowest BCUT2D eigenvalue weighted by atomic mass is 9.92. The van der Waals surface area contributed by atoms with Crippen molar-refractivity contribution in [2.24, 2.45) is 0 Å². The molecule has 1 aliphatic rings. The van der Waals surface area contributed by atoms with Gasteiger partial charge in [-0.25, -0.2) is 0 Å². The van der Waals surface area contributed by atoms with Crippen molar-refractivity contribution >= 4 is 11.5 Å². The standard InChI is InChI=1S/C19H21NO3/c1-3-10-23-18-9-8-13(11-19(18)22-2)16-12-17(21)14-6-4-5-7-15(14)20-16/h4-9,11,16,20H,3,10,12H2,1-2H3. The molecule has 2 aromatic rings. The third kappa shape index (κ3) is 3.16. The molecular weight excluding hydrogens is 290 g/mol. The van der Waals surface area contributed by atoms with Crippen molar-refractivity contribution in [3.05, 3.63) is 53.6 Å². The highest BCUT2D eigenvalue weighted by molar-refractivity contribution is 6.03. The molecule has 0 saturated heterocycles. The molecule has 0 fully saturated rings. The molecule has 1 heterocycles. The van der Waals surface area contributed by atoms with Gasteiger partial charge in [0.15, 0.2) is 17.3 Å². The average Bonchev–Trinajstić information content (AvgIpc) is 2.59. The molecule has 0 amide bonds. The summed E-state index contributed by atoms with van der Waals surface area (Å²) in [6.45, 7) is 2.72. The van der Waals surface area contributed by atoms with Crippen molar-refractivity contribution in [3.63, 3.8) is 0 Å². The monoisotopic (exact) mass is 311 g/mol. The zero-order chi connectivity index (χ0) is 16.2. The number of nitrogens with one attached hydrogen (secondary N) is 1. The van der Waals surface area contributed by atoms with E-state index in [1.165, 1.54) is 0 Å². The maximum atomic E-state index is 12.3. The Morgan fingerprint density at radius 1 is 1.17 bits per heavy atom. The minimum absolute atomic E-state index is 0.0495. The summed E-state index contributed by atoms with van der Waals surface area (Å²) in [6.07, 6.45) is 1.38. The van der Waals surface area contributed by atoms with E-state index in [1.54, 1.807) is 7.11 Å². The van der Waals surface area contributed by atoms with Gasteiger partial charge in [-0.2, -0.15) is 0 Å². The molecule has 4 nitrogen and oxygen atoms in total. The van der Waals surface area contributed by atoms with E-state index in [0.29, 0.717) is 18.8 Å². The Hall–Kier alpha value is -2.49. The van der Waals surface area contributed by atoms with Gasteiger partial charge in [-0.3, -0.25) is 4.79 Å². The second kappa shape index (κ2) is 6.73. The van der Waals surface area contributed by atoms with E-state index >= 15 is 0 Å². The smallest absolute Gasteiger partial charge is 0.167 e. The molecule has 0 aromatic heterocycles. The van der Waals surface area contributed by atoms with Gasteiger partial charge in [-0.1, -0.05) is 25.1 Å². The predicted octanol–water partition coefficient (Wildman–Crippen LogP) is 4.22. The van der Waals surface area contributed by atoms with Crippen molar-refractivity contribution in [3.8, 4) is 11.5 Å². The first-order valence-electron chi connectivity index (χ1n) is 7.92. The fourth-order valence-corrected chi connectivity index (χ4v) is 2.82. The zero-order valence-corrected chi connectivity index (χ0v) is 13.5. The number of carbonyl (C=O) groups excluding carboxylic acids is 1. The van der Waals surface area contributed by atoms with Crippen LogP contribution >= 0.6 is 0 Å². The Bertz CT molecular complexity index is 712. The van der Waals surface area contributed by atoms with Gasteiger partial charge >= 0.3 is 0 Å². The van der Waals surface area contributed by atoms with E-state index in [0.717, 1.165) is 29.0 Å². The third-order valence-corrected chi connectivity index (χ3v) is 4.00. The Morgan fingerprint density at radius 3 is 2.78 bits per heavy atom. The number of ketones is 1. The van der Waals surface area contributed by atoms with Gasteiger partial charge < -0.3 is 14.8 Å². The van der Waals surface area contributed by atoms with Crippen molar-refractivity contribution in [1.29, 1.82) is 0 Å². The first-order chi connectivity index (χ1) is 11.2. The van der Waals surface area contributed by atoms with E-state index in [9.17, 15) is 4.79 Å². The summed E-state index contributed by atoms with van der Waals surface area (Å²) in [5, 5.41) is 3.44. The van der Waals surface area contributed by atoms with Gasteiger partial charge in [0.05, 0.1) is 19.8 Å². The number of carbonyl (C=O) groups is 1. The van der Waals surface area contributed by atoms with E-state index in [1.807, 2.05) is 42.5 Å². The highest BCUT2D eigenvalue weighted by Gasteiger charge is 2.25. The molecule has 1 unspecified atom stereocenters. The lowest BCUT2D eigenvalue weighted by Gasteiger charge is -2.27. The molecular formula is C19H21NO3. The van der Waals surface area contributed by atoms with Crippen LogP contribution in [0.3, 0.4) is 0 Å². The largest absolute Gasteiger partial charge is 0.493 e. The SMILES string of the molecule is CCCOc1ccc(C2CC(=O)c3ccccc3N2)cc1OC. The van der Waals surface area contributed by atoms with Crippen LogP contribution in [0.4, 0.5) is 5.69 Å². The van der Waals surface area contributed by atoms with Gasteiger partial charge in [0.2, 0.25) is 0 Å². The van der Waals surface area contributed by atoms with Crippen molar-refractivity contribution in [1.82, 2.24) is 0 Å². The van der Waals surface area contributed by atoms with Crippen molar-refractivity contribution < 1.29 is 14.3 Å². The topological polar surface area (TPSA) is 47.6 Å². The summed E-state index contributed by atoms with van der Waals surface area (Å²) in [5.41, 5.74) is 2.67. The van der Waals surface area contributed by atoms with Gasteiger partial charge in [0, 0.05) is 17.7 Å². The van der Waals surface area contributed by atoms with Gasteiger partial charge in [0.1, 0.15) is 0 Å². The Labute approximate surface area is 136 Å². The van der Waals surface area contributed by atoms with Gasteiger partial charge in [-0.15, -0.1) is 0 Å². The van der Waals surface area contributed by atoms with Crippen LogP contribution in [0.1, 0.15) is 41.7 Å². The molecule has 0 bridgehead atoms. The number of para-hydroxylation sites is 1. The lowest BCUT2D eigenvalue weighted by Crippen LogP contribution is -2.22. The van der Waals surface area contributed by atoms with Crippen LogP contribution in [-0.2, 0) is 0 Å².